The molecule has 0 aliphatic carbocycles. The number of anilines is 2. The highest BCUT2D eigenvalue weighted by molar-refractivity contribution is 7.98. The van der Waals surface area contributed by atoms with Gasteiger partial charge in [0.1, 0.15) is 0 Å². The molecule has 0 saturated carbocycles. The van der Waals surface area contributed by atoms with Crippen molar-refractivity contribution in [1.82, 2.24) is 4.90 Å². The predicted molar refractivity (Wildman–Crippen MR) is 123 cm³/mol. The average Bonchev–Trinajstić information content (AvgIpc) is 3.20. The molecule has 4 nitrogen and oxygen atoms in total. The van der Waals surface area contributed by atoms with Gasteiger partial charge in [-0.05, 0) is 36.9 Å². The van der Waals surface area contributed by atoms with Crippen LogP contribution >= 0.6 is 23.1 Å². The van der Waals surface area contributed by atoms with Gasteiger partial charge in [-0.15, -0.1) is 23.1 Å². The lowest BCUT2D eigenvalue weighted by Gasteiger charge is -2.35. The Morgan fingerprint density at radius 3 is 2.62 bits per heavy atom. The van der Waals surface area contributed by atoms with Crippen LogP contribution in [-0.4, -0.2) is 44.0 Å². The molecule has 29 heavy (non-hydrogen) atoms. The number of carbonyl (C=O) groups excluding carboxylic acids is 1. The van der Waals surface area contributed by atoms with Crippen LogP contribution in [0.4, 0.5) is 11.4 Å². The minimum Gasteiger partial charge on any atom is -0.367 e. The van der Waals surface area contributed by atoms with Crippen molar-refractivity contribution in [3.63, 3.8) is 0 Å². The number of thioether (sulfide) groups is 1. The average molecular weight is 422 g/mol. The number of likely N-dealkylation sites (N-methyl/N-ethyl adjacent to an activating group) is 1. The Labute approximate surface area is 179 Å². The normalized spacial score (nSPS) is 16.2. The van der Waals surface area contributed by atoms with E-state index in [0.29, 0.717) is 0 Å². The van der Waals surface area contributed by atoms with Crippen molar-refractivity contribution in [2.24, 2.45) is 0 Å². The molecule has 2 aliphatic heterocycles. The Kier molecular flexibility index (Phi) is 5.08. The summed E-state index contributed by atoms with van der Waals surface area (Å²) in [4.78, 5) is 21.1. The van der Waals surface area contributed by atoms with Gasteiger partial charge in [0.2, 0.25) is 0 Å². The van der Waals surface area contributed by atoms with Gasteiger partial charge >= 0.3 is 0 Å². The lowest BCUT2D eigenvalue weighted by atomic mass is 10.1. The van der Waals surface area contributed by atoms with Gasteiger partial charge in [0.15, 0.2) is 0 Å². The van der Waals surface area contributed by atoms with Crippen molar-refractivity contribution in [1.29, 1.82) is 0 Å². The van der Waals surface area contributed by atoms with E-state index < -0.39 is 0 Å². The minimum atomic E-state index is -0.0199. The fraction of sp³-hybridized carbons (Fsp3) is 0.261. The molecule has 3 heterocycles. The topological polar surface area (TPSA) is 35.6 Å². The number of fused-ring (bicyclic) bond motifs is 3. The molecule has 3 aromatic rings. The molecule has 6 heteroatoms. The summed E-state index contributed by atoms with van der Waals surface area (Å²) >= 11 is 3.45. The van der Waals surface area contributed by atoms with Gasteiger partial charge in [-0.3, -0.25) is 4.79 Å². The van der Waals surface area contributed by atoms with Crippen LogP contribution in [0.25, 0.3) is 10.4 Å². The van der Waals surface area contributed by atoms with E-state index in [1.807, 2.05) is 30.0 Å². The van der Waals surface area contributed by atoms with E-state index in [1.165, 1.54) is 20.9 Å². The zero-order chi connectivity index (χ0) is 19.8. The quantitative estimate of drug-likeness (QED) is 0.644. The number of benzene rings is 2. The van der Waals surface area contributed by atoms with Crippen LogP contribution in [0.3, 0.4) is 0 Å². The maximum atomic E-state index is 13.1. The minimum absolute atomic E-state index is 0.0199. The molecular weight excluding hydrogens is 398 g/mol. The summed E-state index contributed by atoms with van der Waals surface area (Å²) in [5.74, 6) is 0.905. The van der Waals surface area contributed by atoms with E-state index in [-0.39, 0.29) is 5.91 Å². The number of thiophene rings is 1. The van der Waals surface area contributed by atoms with Gasteiger partial charge in [-0.2, -0.15) is 0 Å². The molecule has 1 N–H and O–H groups in total. The van der Waals surface area contributed by atoms with E-state index in [0.717, 1.165) is 48.2 Å². The van der Waals surface area contributed by atoms with Crippen molar-refractivity contribution < 1.29 is 4.79 Å². The third-order valence-electron chi connectivity index (χ3n) is 5.54. The highest BCUT2D eigenvalue weighted by atomic mass is 32.2. The molecule has 148 valence electrons. The number of para-hydroxylation sites is 2. The summed E-state index contributed by atoms with van der Waals surface area (Å²) in [7, 11) is 2.15. The Hall–Kier alpha value is -2.28. The molecule has 1 amide bonds. The van der Waals surface area contributed by atoms with Crippen molar-refractivity contribution in [3.05, 3.63) is 65.0 Å². The molecule has 0 atom stereocenters. The van der Waals surface area contributed by atoms with Gasteiger partial charge in [0, 0.05) is 47.3 Å². The Morgan fingerprint density at radius 1 is 1.00 bits per heavy atom. The summed E-state index contributed by atoms with van der Waals surface area (Å²) in [6.07, 6.45) is 0. The molecule has 2 aromatic carbocycles. The number of carbonyl (C=O) groups is 1. The van der Waals surface area contributed by atoms with Crippen molar-refractivity contribution >= 4 is 40.4 Å². The van der Waals surface area contributed by atoms with Crippen molar-refractivity contribution in [3.8, 4) is 10.4 Å². The number of nitrogens with one attached hydrogen (secondary N) is 1. The number of nitrogens with zero attached hydrogens (tertiary/aromatic N) is 2. The first-order chi connectivity index (χ1) is 14.2. The molecule has 0 unspecified atom stereocenters. The van der Waals surface area contributed by atoms with E-state index in [9.17, 15) is 4.79 Å². The lowest BCUT2D eigenvalue weighted by Crippen LogP contribution is -2.44. The Balaban J connectivity index is 1.39. The second-order valence-corrected chi connectivity index (χ2v) is 9.58. The third kappa shape index (κ3) is 3.68. The summed E-state index contributed by atoms with van der Waals surface area (Å²) < 4.78 is 0. The number of hydrogen-bond donors (Lipinski definition) is 1. The Bertz CT molecular complexity index is 1050. The molecule has 5 rings (SSSR count). The summed E-state index contributed by atoms with van der Waals surface area (Å²) in [5, 5.41) is 3.18. The highest BCUT2D eigenvalue weighted by Crippen LogP contribution is 2.45. The van der Waals surface area contributed by atoms with Crippen LogP contribution in [0.2, 0.25) is 0 Å². The molecule has 0 radical (unpaired) electrons. The van der Waals surface area contributed by atoms with E-state index in [2.05, 4.69) is 58.6 Å². The fourth-order valence-corrected chi connectivity index (χ4v) is 6.21. The van der Waals surface area contributed by atoms with Crippen molar-refractivity contribution in [2.75, 3.05) is 43.4 Å². The SMILES string of the molecule is CN1CCN(c2ccccc2NC(=O)c2cc3c(s2)-c2ccccc2SC3)CC1. The van der Waals surface area contributed by atoms with Gasteiger partial charge in [-0.1, -0.05) is 30.3 Å². The maximum Gasteiger partial charge on any atom is 0.265 e. The second kappa shape index (κ2) is 7.86. The van der Waals surface area contributed by atoms with E-state index in [4.69, 9.17) is 0 Å². The fourth-order valence-electron chi connectivity index (χ4n) is 3.90. The summed E-state index contributed by atoms with van der Waals surface area (Å²) in [6, 6.07) is 18.7. The number of piperazine rings is 1. The molecular formula is C23H23N3OS2. The van der Waals surface area contributed by atoms with Crippen LogP contribution < -0.4 is 10.2 Å². The molecule has 1 fully saturated rings. The van der Waals surface area contributed by atoms with Crippen LogP contribution in [0.1, 0.15) is 15.2 Å². The molecule has 0 bridgehead atoms. The van der Waals surface area contributed by atoms with Gasteiger partial charge in [-0.25, -0.2) is 0 Å². The van der Waals surface area contributed by atoms with Gasteiger partial charge in [0.25, 0.3) is 5.91 Å². The molecule has 1 saturated heterocycles. The highest BCUT2D eigenvalue weighted by Gasteiger charge is 2.23. The summed E-state index contributed by atoms with van der Waals surface area (Å²) in [6.45, 7) is 4.03. The Morgan fingerprint density at radius 2 is 1.76 bits per heavy atom. The van der Waals surface area contributed by atoms with Crippen LogP contribution in [0.15, 0.2) is 59.5 Å². The van der Waals surface area contributed by atoms with Gasteiger partial charge in [0.05, 0.1) is 16.3 Å². The molecule has 0 spiro atoms. The first kappa shape index (κ1) is 18.7. The van der Waals surface area contributed by atoms with Crippen LogP contribution in [0, 0.1) is 0 Å². The van der Waals surface area contributed by atoms with Crippen LogP contribution in [0.5, 0.6) is 0 Å². The van der Waals surface area contributed by atoms with Crippen LogP contribution in [-0.2, 0) is 5.75 Å². The zero-order valence-electron chi connectivity index (χ0n) is 16.4. The first-order valence-electron chi connectivity index (χ1n) is 9.88. The number of rotatable bonds is 3. The number of hydrogen-bond acceptors (Lipinski definition) is 5. The zero-order valence-corrected chi connectivity index (χ0v) is 18.0. The summed E-state index contributed by atoms with van der Waals surface area (Å²) in [5.41, 5.74) is 4.51. The van der Waals surface area contributed by atoms with Gasteiger partial charge < -0.3 is 15.1 Å². The predicted octanol–water partition coefficient (Wildman–Crippen LogP) is 5.02. The smallest absolute Gasteiger partial charge is 0.265 e. The maximum absolute atomic E-state index is 13.1. The monoisotopic (exact) mass is 421 g/mol. The number of amides is 1. The molecule has 2 aliphatic rings. The third-order valence-corrected chi connectivity index (χ3v) is 7.88. The largest absolute Gasteiger partial charge is 0.367 e. The standard InChI is InChI=1S/C23H23N3OS2/c1-25-10-12-26(13-11-25)19-8-4-3-7-18(19)24-23(27)21-14-16-15-28-20-9-5-2-6-17(20)22(16)29-21/h2-9,14H,10-13,15H2,1H3,(H,24,27). The van der Waals surface area contributed by atoms with E-state index in [1.54, 1.807) is 11.3 Å². The molecule has 1 aromatic heterocycles. The second-order valence-electron chi connectivity index (χ2n) is 7.51. The van der Waals surface area contributed by atoms with Crippen molar-refractivity contribution in [2.45, 2.75) is 10.6 Å². The first-order valence-corrected chi connectivity index (χ1v) is 11.7. The lowest BCUT2D eigenvalue weighted by molar-refractivity contribution is 0.103. The van der Waals surface area contributed by atoms with E-state index >= 15 is 0 Å².